The number of halogens is 1. The molecule has 0 saturated carbocycles. The van der Waals surface area contributed by atoms with Gasteiger partial charge in [-0.3, -0.25) is 5.10 Å². The Morgan fingerprint density at radius 2 is 2.32 bits per heavy atom. The molecular weight excluding hydrogens is 330 g/mol. The van der Waals surface area contributed by atoms with Gasteiger partial charge in [0, 0.05) is 4.88 Å². The summed E-state index contributed by atoms with van der Waals surface area (Å²) in [6.07, 6.45) is 3.43. The predicted molar refractivity (Wildman–Crippen MR) is 73.9 cm³/mol. The minimum atomic E-state index is 0.548. The van der Waals surface area contributed by atoms with Gasteiger partial charge in [0.2, 0.25) is 5.65 Å². The van der Waals surface area contributed by atoms with Crippen molar-refractivity contribution < 1.29 is 0 Å². The molecule has 0 aromatic carbocycles. The highest BCUT2D eigenvalue weighted by molar-refractivity contribution is 9.10. The molecule has 0 atom stereocenters. The van der Waals surface area contributed by atoms with E-state index in [4.69, 9.17) is 0 Å². The van der Waals surface area contributed by atoms with Crippen LogP contribution < -0.4 is 0 Å². The topological polar surface area (TPSA) is 85.2 Å². The van der Waals surface area contributed by atoms with E-state index in [1.807, 2.05) is 6.20 Å². The Balaban J connectivity index is 1.78. The van der Waals surface area contributed by atoms with E-state index in [1.54, 1.807) is 22.2 Å². The zero-order valence-electron chi connectivity index (χ0n) is 9.41. The molecule has 0 amide bonds. The van der Waals surface area contributed by atoms with Crippen LogP contribution in [0.3, 0.4) is 0 Å². The van der Waals surface area contributed by atoms with Crippen LogP contribution in [0.2, 0.25) is 0 Å². The third-order valence-corrected chi connectivity index (χ3v) is 4.12. The van der Waals surface area contributed by atoms with E-state index in [0.29, 0.717) is 22.4 Å². The molecular formula is C10H6BrN7S. The normalized spacial score (nSPS) is 11.6. The van der Waals surface area contributed by atoms with Gasteiger partial charge in [-0.25, -0.2) is 14.6 Å². The van der Waals surface area contributed by atoms with Gasteiger partial charge in [-0.2, -0.15) is 5.10 Å². The standard InChI is InChI=1S/C10H6BrN7S/c11-8-3-12-9-10(14-8)18(17-16-9)4-5-1-6-7(19-5)2-13-15-6/h1-3H,4H2,(H,13,15). The highest BCUT2D eigenvalue weighted by Gasteiger charge is 2.10. The lowest BCUT2D eigenvalue weighted by Gasteiger charge is -1.98. The number of aromatic nitrogens is 7. The summed E-state index contributed by atoms with van der Waals surface area (Å²) in [5.41, 5.74) is 2.26. The highest BCUT2D eigenvalue weighted by Crippen LogP contribution is 2.24. The number of fused-ring (bicyclic) bond motifs is 2. The van der Waals surface area contributed by atoms with E-state index in [-0.39, 0.29) is 0 Å². The van der Waals surface area contributed by atoms with Crippen LogP contribution in [0, 0.1) is 0 Å². The first-order valence-electron chi connectivity index (χ1n) is 5.43. The number of rotatable bonds is 2. The van der Waals surface area contributed by atoms with Gasteiger partial charge < -0.3 is 0 Å². The summed E-state index contributed by atoms with van der Waals surface area (Å²) in [5, 5.41) is 15.0. The Labute approximate surface area is 118 Å². The number of thiophene rings is 1. The van der Waals surface area contributed by atoms with Gasteiger partial charge in [-0.05, 0) is 22.0 Å². The first kappa shape index (κ1) is 11.0. The van der Waals surface area contributed by atoms with Crippen molar-refractivity contribution in [3.63, 3.8) is 0 Å². The molecule has 4 aromatic heterocycles. The molecule has 4 heterocycles. The van der Waals surface area contributed by atoms with Crippen LogP contribution in [0.5, 0.6) is 0 Å². The number of hydrogen-bond donors (Lipinski definition) is 1. The van der Waals surface area contributed by atoms with E-state index in [0.717, 1.165) is 15.1 Å². The monoisotopic (exact) mass is 335 g/mol. The molecule has 0 aliphatic heterocycles. The maximum Gasteiger partial charge on any atom is 0.221 e. The smallest absolute Gasteiger partial charge is 0.221 e. The van der Waals surface area contributed by atoms with Crippen molar-refractivity contribution >= 4 is 48.8 Å². The van der Waals surface area contributed by atoms with Crippen molar-refractivity contribution in [3.05, 3.63) is 27.9 Å². The van der Waals surface area contributed by atoms with Crippen LogP contribution in [0.4, 0.5) is 0 Å². The molecule has 94 valence electrons. The Morgan fingerprint density at radius 3 is 3.21 bits per heavy atom. The third kappa shape index (κ3) is 1.81. The lowest BCUT2D eigenvalue weighted by molar-refractivity contribution is 0.670. The van der Waals surface area contributed by atoms with Gasteiger partial charge >= 0.3 is 0 Å². The summed E-state index contributed by atoms with van der Waals surface area (Å²) in [4.78, 5) is 9.67. The molecule has 4 rings (SSSR count). The Morgan fingerprint density at radius 1 is 1.37 bits per heavy atom. The molecule has 0 aliphatic carbocycles. The number of nitrogens with zero attached hydrogens (tertiary/aromatic N) is 6. The minimum Gasteiger partial charge on any atom is -0.277 e. The van der Waals surface area contributed by atoms with Crippen molar-refractivity contribution in [3.8, 4) is 0 Å². The molecule has 7 nitrogen and oxygen atoms in total. The van der Waals surface area contributed by atoms with Crippen molar-refractivity contribution in [1.29, 1.82) is 0 Å². The van der Waals surface area contributed by atoms with Gasteiger partial charge in [0.05, 0.1) is 29.2 Å². The molecule has 0 bridgehead atoms. The number of H-pyrrole nitrogens is 1. The number of aromatic amines is 1. The third-order valence-electron chi connectivity index (χ3n) is 2.68. The fourth-order valence-electron chi connectivity index (χ4n) is 1.87. The summed E-state index contributed by atoms with van der Waals surface area (Å²) < 4.78 is 3.54. The molecule has 0 radical (unpaired) electrons. The predicted octanol–water partition coefficient (Wildman–Crippen LogP) is 1.97. The van der Waals surface area contributed by atoms with Crippen molar-refractivity contribution in [2.75, 3.05) is 0 Å². The molecule has 1 N–H and O–H groups in total. The van der Waals surface area contributed by atoms with Crippen molar-refractivity contribution in [2.45, 2.75) is 6.54 Å². The summed E-state index contributed by atoms with van der Waals surface area (Å²) in [6, 6.07) is 2.06. The molecule has 0 spiro atoms. The van der Waals surface area contributed by atoms with Gasteiger partial charge in [0.25, 0.3) is 0 Å². The molecule has 4 aromatic rings. The second-order valence-corrected chi connectivity index (χ2v) is 5.93. The van der Waals surface area contributed by atoms with E-state index in [1.165, 1.54) is 0 Å². The summed E-state index contributed by atoms with van der Waals surface area (Å²) >= 11 is 4.98. The van der Waals surface area contributed by atoms with Gasteiger partial charge in [-0.1, -0.05) is 5.21 Å². The molecule has 0 unspecified atom stereocenters. The molecule has 0 aliphatic rings. The van der Waals surface area contributed by atoms with Crippen LogP contribution in [-0.4, -0.2) is 35.2 Å². The van der Waals surface area contributed by atoms with Crippen molar-refractivity contribution in [1.82, 2.24) is 35.2 Å². The maximum absolute atomic E-state index is 4.35. The SMILES string of the molecule is Brc1cnc2nnn(Cc3cc4[nH]ncc4s3)c2n1. The van der Waals surface area contributed by atoms with Crippen LogP contribution in [0.15, 0.2) is 23.1 Å². The Kier molecular flexibility index (Phi) is 2.35. The quantitative estimate of drug-likeness (QED) is 0.605. The largest absolute Gasteiger partial charge is 0.277 e. The molecule has 0 saturated heterocycles. The summed E-state index contributed by atoms with van der Waals surface area (Å²) in [5.74, 6) is 0. The van der Waals surface area contributed by atoms with E-state index < -0.39 is 0 Å². The van der Waals surface area contributed by atoms with Crippen LogP contribution in [-0.2, 0) is 6.54 Å². The fourth-order valence-corrected chi connectivity index (χ4v) is 3.10. The minimum absolute atomic E-state index is 0.548. The van der Waals surface area contributed by atoms with Crippen LogP contribution in [0.25, 0.3) is 21.5 Å². The number of hydrogen-bond acceptors (Lipinski definition) is 6. The zero-order valence-corrected chi connectivity index (χ0v) is 11.8. The summed E-state index contributed by atoms with van der Waals surface area (Å²) in [6.45, 7) is 0.620. The van der Waals surface area contributed by atoms with Crippen molar-refractivity contribution in [2.24, 2.45) is 0 Å². The lowest BCUT2D eigenvalue weighted by atomic mass is 10.4. The van der Waals surface area contributed by atoms with E-state index in [2.05, 4.69) is 52.5 Å². The first-order chi connectivity index (χ1) is 9.29. The second-order valence-electron chi connectivity index (χ2n) is 3.95. The maximum atomic E-state index is 4.35. The lowest BCUT2D eigenvalue weighted by Crippen LogP contribution is -2.01. The number of nitrogens with one attached hydrogen (secondary N) is 1. The Hall–Kier alpha value is -1.87. The van der Waals surface area contributed by atoms with Crippen LogP contribution in [0.1, 0.15) is 4.88 Å². The Bertz CT molecular complexity index is 848. The highest BCUT2D eigenvalue weighted by atomic mass is 79.9. The average Bonchev–Trinajstić information content (AvgIpc) is 3.04. The molecule has 19 heavy (non-hydrogen) atoms. The van der Waals surface area contributed by atoms with E-state index >= 15 is 0 Å². The first-order valence-corrected chi connectivity index (χ1v) is 7.04. The van der Waals surface area contributed by atoms with Gasteiger partial charge in [-0.15, -0.1) is 16.4 Å². The zero-order chi connectivity index (χ0) is 12.8. The summed E-state index contributed by atoms with van der Waals surface area (Å²) in [7, 11) is 0. The average molecular weight is 336 g/mol. The van der Waals surface area contributed by atoms with Gasteiger partial charge in [0.1, 0.15) is 4.60 Å². The molecule has 0 fully saturated rings. The second kappa shape index (κ2) is 4.07. The van der Waals surface area contributed by atoms with Crippen LogP contribution >= 0.6 is 27.3 Å². The van der Waals surface area contributed by atoms with Gasteiger partial charge in [0.15, 0.2) is 5.65 Å². The molecule has 9 heteroatoms. The fraction of sp³-hybridized carbons (Fsp3) is 0.100. The van der Waals surface area contributed by atoms with E-state index in [9.17, 15) is 0 Å².